The van der Waals surface area contributed by atoms with E-state index in [1.54, 1.807) is 14.2 Å². The maximum Gasteiger partial charge on any atom is 0.164 e. The summed E-state index contributed by atoms with van der Waals surface area (Å²) in [5, 5.41) is 11.4. The lowest BCUT2D eigenvalue weighted by Crippen LogP contribution is -2.42. The van der Waals surface area contributed by atoms with E-state index in [4.69, 9.17) is 23.7 Å². The van der Waals surface area contributed by atoms with E-state index >= 15 is 0 Å². The number of rotatable bonds is 2. The van der Waals surface area contributed by atoms with Gasteiger partial charge in [-0.25, -0.2) is 0 Å². The molecule has 1 spiro atoms. The van der Waals surface area contributed by atoms with E-state index in [1.807, 2.05) is 24.3 Å². The molecule has 3 heterocycles. The first-order valence-electron chi connectivity index (χ1n) is 10.8. The molecule has 31 heavy (non-hydrogen) atoms. The summed E-state index contributed by atoms with van der Waals surface area (Å²) in [4.78, 5) is 0. The minimum Gasteiger partial charge on any atom is -0.493 e. The van der Waals surface area contributed by atoms with Gasteiger partial charge in [0.1, 0.15) is 35.6 Å². The quantitative estimate of drug-likeness (QED) is 0.786. The van der Waals surface area contributed by atoms with E-state index in [0.717, 1.165) is 22.4 Å². The van der Waals surface area contributed by atoms with Gasteiger partial charge in [-0.05, 0) is 30.4 Å². The summed E-state index contributed by atoms with van der Waals surface area (Å²) in [7, 11) is 3.19. The van der Waals surface area contributed by atoms with Crippen LogP contribution < -0.4 is 23.7 Å². The molecule has 6 rings (SSSR count). The summed E-state index contributed by atoms with van der Waals surface area (Å²) in [6.45, 7) is 4.77. The lowest BCUT2D eigenvalue weighted by Gasteiger charge is -2.42. The summed E-state index contributed by atoms with van der Waals surface area (Å²) in [6.07, 6.45) is 3.19. The average Bonchev–Trinajstić information content (AvgIpc) is 3.28. The zero-order valence-corrected chi connectivity index (χ0v) is 18.0. The molecule has 1 N–H and O–H groups in total. The molecule has 0 aromatic heterocycles. The SMILES string of the molecule is COc1cc2c(cc1OC)[C@@H]1[C@H](O)c3ccc4c(c3O[C@@H]1CO2)C=CC1(O4)[C@H](C)[C@@H]1C. The second-order valence-corrected chi connectivity index (χ2v) is 8.94. The molecule has 4 aliphatic rings. The van der Waals surface area contributed by atoms with Gasteiger partial charge >= 0.3 is 0 Å². The highest BCUT2D eigenvalue weighted by atomic mass is 16.5. The molecule has 1 saturated carbocycles. The van der Waals surface area contributed by atoms with Crippen LogP contribution in [0.2, 0.25) is 0 Å². The Hall–Kier alpha value is -2.86. The number of fused-ring (bicyclic) bond motifs is 6. The lowest BCUT2D eigenvalue weighted by molar-refractivity contribution is 0.000807. The molecule has 1 unspecified atom stereocenters. The minimum atomic E-state index is -0.733. The van der Waals surface area contributed by atoms with Crippen molar-refractivity contribution in [3.8, 4) is 28.7 Å². The lowest BCUT2D eigenvalue weighted by atomic mass is 9.80. The van der Waals surface area contributed by atoms with Crippen molar-refractivity contribution >= 4 is 6.08 Å². The first-order valence-corrected chi connectivity index (χ1v) is 10.8. The maximum absolute atomic E-state index is 11.4. The van der Waals surface area contributed by atoms with Crippen LogP contribution in [-0.2, 0) is 0 Å². The summed E-state index contributed by atoms with van der Waals surface area (Å²) >= 11 is 0. The minimum absolute atomic E-state index is 0.209. The first kappa shape index (κ1) is 18.9. The van der Waals surface area contributed by atoms with E-state index in [-0.39, 0.29) is 17.6 Å². The molecule has 2 aromatic rings. The highest BCUT2D eigenvalue weighted by Gasteiger charge is 2.61. The monoisotopic (exact) mass is 422 g/mol. The van der Waals surface area contributed by atoms with E-state index in [0.29, 0.717) is 41.4 Å². The number of hydrogen-bond acceptors (Lipinski definition) is 6. The predicted molar refractivity (Wildman–Crippen MR) is 114 cm³/mol. The smallest absolute Gasteiger partial charge is 0.164 e. The molecule has 0 radical (unpaired) electrons. The van der Waals surface area contributed by atoms with Crippen LogP contribution >= 0.6 is 0 Å². The molecule has 1 aliphatic carbocycles. The standard InChI is InChI=1S/C25H26O6/c1-12-13(2)25(12)8-7-14-17(31-25)6-5-15-23(26)22-16-9-19(27-3)20(28-4)10-18(16)29-11-21(22)30-24(14)15/h5-10,12-13,21-23,26H,11H2,1-4H3/t12-,13+,21-,22+,23-,25?/m1/s1. The molecule has 2 aromatic carbocycles. The molecular formula is C25H26O6. The Labute approximate surface area is 181 Å². The second kappa shape index (κ2) is 6.33. The molecule has 0 bridgehead atoms. The molecule has 6 nitrogen and oxygen atoms in total. The Kier molecular flexibility index (Phi) is 3.85. The number of aliphatic hydroxyl groups excluding tert-OH is 1. The third-order valence-electron chi connectivity index (χ3n) is 7.65. The Bertz CT molecular complexity index is 1100. The van der Waals surface area contributed by atoms with Gasteiger partial charge in [0, 0.05) is 29.0 Å². The summed E-state index contributed by atoms with van der Waals surface area (Å²) < 4.78 is 29.7. The van der Waals surface area contributed by atoms with Crippen LogP contribution in [0.3, 0.4) is 0 Å². The summed E-state index contributed by atoms with van der Waals surface area (Å²) in [6, 6.07) is 7.57. The van der Waals surface area contributed by atoms with Crippen LogP contribution in [0.25, 0.3) is 6.08 Å². The van der Waals surface area contributed by atoms with Crippen molar-refractivity contribution in [2.75, 3.05) is 20.8 Å². The molecule has 0 amide bonds. The Morgan fingerprint density at radius 1 is 1.00 bits per heavy atom. The van der Waals surface area contributed by atoms with Gasteiger partial charge in [-0.2, -0.15) is 0 Å². The van der Waals surface area contributed by atoms with E-state index < -0.39 is 6.10 Å². The zero-order valence-electron chi connectivity index (χ0n) is 18.0. The van der Waals surface area contributed by atoms with Crippen molar-refractivity contribution in [3.63, 3.8) is 0 Å². The van der Waals surface area contributed by atoms with Crippen LogP contribution in [0.1, 0.15) is 42.6 Å². The molecule has 1 fully saturated rings. The number of aliphatic hydroxyl groups is 1. The van der Waals surface area contributed by atoms with Gasteiger partial charge in [0.2, 0.25) is 0 Å². The molecule has 6 atom stereocenters. The molecular weight excluding hydrogens is 396 g/mol. The van der Waals surface area contributed by atoms with Gasteiger partial charge in [0.05, 0.1) is 31.8 Å². The van der Waals surface area contributed by atoms with Crippen LogP contribution in [0.5, 0.6) is 28.7 Å². The van der Waals surface area contributed by atoms with E-state index in [1.165, 1.54) is 0 Å². The highest BCUT2D eigenvalue weighted by Crippen LogP contribution is 2.59. The molecule has 0 saturated heterocycles. The first-order chi connectivity index (χ1) is 15.0. The third-order valence-corrected chi connectivity index (χ3v) is 7.65. The van der Waals surface area contributed by atoms with Crippen molar-refractivity contribution in [2.24, 2.45) is 11.8 Å². The summed E-state index contributed by atoms with van der Waals surface area (Å²) in [5.74, 6) is 4.08. The van der Waals surface area contributed by atoms with Gasteiger partial charge in [-0.15, -0.1) is 0 Å². The molecule has 162 valence electrons. The molecule has 6 heteroatoms. The maximum atomic E-state index is 11.4. The average molecular weight is 422 g/mol. The molecule has 3 aliphatic heterocycles. The van der Waals surface area contributed by atoms with Crippen molar-refractivity contribution in [1.82, 2.24) is 0 Å². The van der Waals surface area contributed by atoms with Gasteiger partial charge in [-0.1, -0.05) is 13.8 Å². The van der Waals surface area contributed by atoms with Crippen molar-refractivity contribution < 1.29 is 28.8 Å². The van der Waals surface area contributed by atoms with Crippen molar-refractivity contribution in [1.29, 1.82) is 0 Å². The summed E-state index contributed by atoms with van der Waals surface area (Å²) in [5.41, 5.74) is 2.31. The van der Waals surface area contributed by atoms with Crippen molar-refractivity contribution in [2.45, 2.75) is 37.6 Å². The van der Waals surface area contributed by atoms with Gasteiger partial charge < -0.3 is 28.8 Å². The number of benzene rings is 2. The fourth-order valence-corrected chi connectivity index (χ4v) is 5.47. The van der Waals surface area contributed by atoms with Crippen LogP contribution in [-0.4, -0.2) is 37.6 Å². The largest absolute Gasteiger partial charge is 0.493 e. The van der Waals surface area contributed by atoms with Gasteiger partial charge in [0.25, 0.3) is 0 Å². The predicted octanol–water partition coefficient (Wildman–Crippen LogP) is 4.10. The fraction of sp³-hybridized carbons (Fsp3) is 0.440. The normalized spacial score (nSPS) is 33.6. The highest BCUT2D eigenvalue weighted by molar-refractivity contribution is 5.71. The number of ether oxygens (including phenoxy) is 5. The fourth-order valence-electron chi connectivity index (χ4n) is 5.47. The van der Waals surface area contributed by atoms with Crippen LogP contribution in [0.4, 0.5) is 0 Å². The topological polar surface area (TPSA) is 66.4 Å². The Morgan fingerprint density at radius 3 is 2.45 bits per heavy atom. The van der Waals surface area contributed by atoms with Crippen molar-refractivity contribution in [3.05, 3.63) is 47.0 Å². The van der Waals surface area contributed by atoms with E-state index in [2.05, 4.69) is 26.0 Å². The van der Waals surface area contributed by atoms with Gasteiger partial charge in [0.15, 0.2) is 11.5 Å². The van der Waals surface area contributed by atoms with Gasteiger partial charge in [-0.3, -0.25) is 0 Å². The zero-order chi connectivity index (χ0) is 21.5. The number of methoxy groups -OCH3 is 2. The second-order valence-electron chi connectivity index (χ2n) is 8.94. The van der Waals surface area contributed by atoms with E-state index in [9.17, 15) is 5.11 Å². The Morgan fingerprint density at radius 2 is 1.74 bits per heavy atom. The van der Waals surface area contributed by atoms with Crippen LogP contribution in [0, 0.1) is 11.8 Å². The van der Waals surface area contributed by atoms with Crippen LogP contribution in [0.15, 0.2) is 30.3 Å². The number of hydrogen-bond donors (Lipinski definition) is 1. The Balaban J connectivity index is 1.41. The third kappa shape index (κ3) is 2.42.